The van der Waals surface area contributed by atoms with Gasteiger partial charge in [0, 0.05) is 49.7 Å². The second kappa shape index (κ2) is 7.82. The average Bonchev–Trinajstić information content (AvgIpc) is 3.16. The minimum absolute atomic E-state index is 0.836. The van der Waals surface area contributed by atoms with Crippen LogP contribution in [0.15, 0.2) is 29.8 Å². The van der Waals surface area contributed by atoms with Gasteiger partial charge in [-0.05, 0) is 25.0 Å². The Labute approximate surface area is 164 Å². The predicted molar refractivity (Wildman–Crippen MR) is 112 cm³/mol. The van der Waals surface area contributed by atoms with Crippen LogP contribution in [-0.4, -0.2) is 48.2 Å². The molecular weight excluding hydrogens is 356 g/mol. The van der Waals surface area contributed by atoms with E-state index in [1.165, 1.54) is 27.3 Å². The van der Waals surface area contributed by atoms with Gasteiger partial charge in [-0.15, -0.1) is 11.3 Å². The molecule has 6 heteroatoms. The Balaban J connectivity index is 1.52. The standard InChI is InChI=1S/C21H26N4OS/c1-4-19-23-16(14-27-19)13-24-8-10-25(11-9-24)21-15(2)12-22-20-17(21)6-5-7-18(20)26-3/h5-7,12,14H,4,8-11,13H2,1-3H3. The third-order valence-corrected chi connectivity index (χ3v) is 6.25. The SMILES string of the molecule is CCc1nc(CN2CCN(c3c(C)cnc4c(OC)cccc34)CC2)cs1. The van der Waals surface area contributed by atoms with E-state index in [1.807, 2.05) is 12.3 Å². The smallest absolute Gasteiger partial charge is 0.145 e. The van der Waals surface area contributed by atoms with Crippen LogP contribution >= 0.6 is 11.3 Å². The number of nitrogens with zero attached hydrogens (tertiary/aromatic N) is 4. The fraction of sp³-hybridized carbons (Fsp3) is 0.429. The normalized spacial score (nSPS) is 15.4. The quantitative estimate of drug-likeness (QED) is 0.670. The lowest BCUT2D eigenvalue weighted by molar-refractivity contribution is 0.247. The van der Waals surface area contributed by atoms with Crippen molar-refractivity contribution in [3.63, 3.8) is 0 Å². The van der Waals surface area contributed by atoms with E-state index in [0.29, 0.717) is 0 Å². The number of methoxy groups -OCH3 is 1. The molecule has 5 nitrogen and oxygen atoms in total. The summed E-state index contributed by atoms with van der Waals surface area (Å²) in [5.41, 5.74) is 4.66. The zero-order chi connectivity index (χ0) is 18.8. The Hall–Kier alpha value is -2.18. The van der Waals surface area contributed by atoms with Crippen molar-refractivity contribution in [2.45, 2.75) is 26.8 Å². The van der Waals surface area contributed by atoms with Crippen molar-refractivity contribution in [3.8, 4) is 5.75 Å². The molecule has 1 fully saturated rings. The molecule has 3 heterocycles. The Morgan fingerprint density at radius 1 is 1.19 bits per heavy atom. The molecule has 0 saturated carbocycles. The third kappa shape index (κ3) is 3.64. The highest BCUT2D eigenvalue weighted by atomic mass is 32.1. The van der Waals surface area contributed by atoms with E-state index < -0.39 is 0 Å². The second-order valence-electron chi connectivity index (χ2n) is 7.00. The van der Waals surface area contributed by atoms with Gasteiger partial charge in [-0.25, -0.2) is 4.98 Å². The van der Waals surface area contributed by atoms with Crippen LogP contribution in [0.1, 0.15) is 23.2 Å². The average molecular weight is 383 g/mol. The number of thiazole rings is 1. The Bertz CT molecular complexity index is 931. The molecule has 27 heavy (non-hydrogen) atoms. The van der Waals surface area contributed by atoms with Gasteiger partial charge in [0.25, 0.3) is 0 Å². The van der Waals surface area contributed by atoms with Gasteiger partial charge in [0.15, 0.2) is 0 Å². The second-order valence-corrected chi connectivity index (χ2v) is 7.94. The van der Waals surface area contributed by atoms with Crippen molar-refractivity contribution >= 4 is 27.9 Å². The van der Waals surface area contributed by atoms with Crippen molar-refractivity contribution in [3.05, 3.63) is 46.0 Å². The van der Waals surface area contributed by atoms with Crippen LogP contribution in [0, 0.1) is 6.92 Å². The maximum atomic E-state index is 5.51. The van der Waals surface area contributed by atoms with Crippen molar-refractivity contribution in [2.24, 2.45) is 0 Å². The molecule has 0 radical (unpaired) electrons. The van der Waals surface area contributed by atoms with E-state index in [2.05, 4.69) is 46.1 Å². The molecule has 3 aromatic rings. The zero-order valence-electron chi connectivity index (χ0n) is 16.2. The minimum Gasteiger partial charge on any atom is -0.494 e. The van der Waals surface area contributed by atoms with Gasteiger partial charge in [-0.3, -0.25) is 9.88 Å². The van der Waals surface area contributed by atoms with Crippen molar-refractivity contribution in [2.75, 3.05) is 38.2 Å². The summed E-state index contributed by atoms with van der Waals surface area (Å²) < 4.78 is 5.51. The summed E-state index contributed by atoms with van der Waals surface area (Å²) in [6.45, 7) is 9.39. The molecule has 0 amide bonds. The molecule has 2 aromatic heterocycles. The van der Waals surface area contributed by atoms with Gasteiger partial charge in [0.05, 0.1) is 23.5 Å². The predicted octanol–water partition coefficient (Wildman–Crippen LogP) is 3.89. The lowest BCUT2D eigenvalue weighted by atomic mass is 10.1. The largest absolute Gasteiger partial charge is 0.494 e. The summed E-state index contributed by atoms with van der Waals surface area (Å²) in [7, 11) is 1.71. The summed E-state index contributed by atoms with van der Waals surface area (Å²) in [6, 6.07) is 6.18. The highest BCUT2D eigenvalue weighted by Gasteiger charge is 2.22. The number of hydrogen-bond donors (Lipinski definition) is 0. The minimum atomic E-state index is 0.836. The lowest BCUT2D eigenvalue weighted by Crippen LogP contribution is -2.46. The van der Waals surface area contributed by atoms with Gasteiger partial charge >= 0.3 is 0 Å². The Kier molecular flexibility index (Phi) is 5.27. The first-order chi connectivity index (χ1) is 13.2. The van der Waals surface area contributed by atoms with Crippen molar-refractivity contribution < 1.29 is 4.74 Å². The number of aromatic nitrogens is 2. The number of para-hydroxylation sites is 1. The number of pyridine rings is 1. The number of hydrogen-bond acceptors (Lipinski definition) is 6. The van der Waals surface area contributed by atoms with E-state index in [0.717, 1.165) is 50.4 Å². The molecule has 1 aliphatic rings. The topological polar surface area (TPSA) is 41.5 Å². The molecule has 1 aliphatic heterocycles. The van der Waals surface area contributed by atoms with Gasteiger partial charge < -0.3 is 9.64 Å². The first-order valence-electron chi connectivity index (χ1n) is 9.52. The van der Waals surface area contributed by atoms with E-state index in [4.69, 9.17) is 9.72 Å². The summed E-state index contributed by atoms with van der Waals surface area (Å²) >= 11 is 1.78. The molecule has 1 aromatic carbocycles. The molecule has 0 N–H and O–H groups in total. The number of anilines is 1. The number of ether oxygens (including phenoxy) is 1. The number of benzene rings is 1. The Morgan fingerprint density at radius 2 is 2.00 bits per heavy atom. The fourth-order valence-electron chi connectivity index (χ4n) is 3.81. The van der Waals surface area contributed by atoms with Crippen molar-refractivity contribution in [1.82, 2.24) is 14.9 Å². The summed E-state index contributed by atoms with van der Waals surface area (Å²) in [6.07, 6.45) is 2.99. The molecule has 0 unspecified atom stereocenters. The summed E-state index contributed by atoms with van der Waals surface area (Å²) in [4.78, 5) is 14.3. The van der Waals surface area contributed by atoms with Crippen LogP contribution in [0.4, 0.5) is 5.69 Å². The lowest BCUT2D eigenvalue weighted by Gasteiger charge is -2.37. The van der Waals surface area contributed by atoms with E-state index in [9.17, 15) is 0 Å². The highest BCUT2D eigenvalue weighted by molar-refractivity contribution is 7.09. The molecule has 0 bridgehead atoms. The van der Waals surface area contributed by atoms with Crippen LogP contribution in [0.25, 0.3) is 10.9 Å². The maximum absolute atomic E-state index is 5.51. The van der Waals surface area contributed by atoms with Crippen LogP contribution in [-0.2, 0) is 13.0 Å². The fourth-order valence-corrected chi connectivity index (χ4v) is 4.54. The Morgan fingerprint density at radius 3 is 2.70 bits per heavy atom. The highest BCUT2D eigenvalue weighted by Crippen LogP contribution is 2.34. The molecule has 142 valence electrons. The summed E-state index contributed by atoms with van der Waals surface area (Å²) in [5.74, 6) is 0.836. The van der Waals surface area contributed by atoms with Gasteiger partial charge in [-0.1, -0.05) is 19.1 Å². The molecule has 4 rings (SSSR count). The van der Waals surface area contributed by atoms with Gasteiger partial charge in [-0.2, -0.15) is 0 Å². The van der Waals surface area contributed by atoms with Crippen molar-refractivity contribution in [1.29, 1.82) is 0 Å². The van der Waals surface area contributed by atoms with Gasteiger partial charge in [0.1, 0.15) is 11.3 Å². The summed E-state index contributed by atoms with van der Waals surface area (Å²) in [5, 5.41) is 4.62. The number of rotatable bonds is 5. The van der Waals surface area contributed by atoms with E-state index in [-0.39, 0.29) is 0 Å². The molecule has 0 aliphatic carbocycles. The molecule has 0 atom stereocenters. The van der Waals surface area contributed by atoms with Crippen LogP contribution in [0.3, 0.4) is 0 Å². The molecule has 1 saturated heterocycles. The third-order valence-electron chi connectivity index (χ3n) is 5.21. The molecule has 0 spiro atoms. The number of piperazine rings is 1. The number of aryl methyl sites for hydroxylation is 2. The van der Waals surface area contributed by atoms with Crippen LogP contribution in [0.5, 0.6) is 5.75 Å². The maximum Gasteiger partial charge on any atom is 0.145 e. The monoisotopic (exact) mass is 382 g/mol. The van der Waals surface area contributed by atoms with Crippen LogP contribution < -0.4 is 9.64 Å². The van der Waals surface area contributed by atoms with Gasteiger partial charge in [0.2, 0.25) is 0 Å². The molecular formula is C21H26N4OS. The van der Waals surface area contributed by atoms with E-state index in [1.54, 1.807) is 18.4 Å². The first kappa shape index (κ1) is 18.2. The number of fused-ring (bicyclic) bond motifs is 1. The van der Waals surface area contributed by atoms with E-state index >= 15 is 0 Å². The van der Waals surface area contributed by atoms with Crippen LogP contribution in [0.2, 0.25) is 0 Å². The zero-order valence-corrected chi connectivity index (χ0v) is 17.1. The first-order valence-corrected chi connectivity index (χ1v) is 10.4.